The number of ketones is 2. The number of carbonyl (C=O) groups is 4. The van der Waals surface area contributed by atoms with Gasteiger partial charge >= 0.3 is 17.6 Å². The van der Waals surface area contributed by atoms with Gasteiger partial charge in [-0.25, -0.2) is 14.4 Å². The van der Waals surface area contributed by atoms with Crippen LogP contribution in [0.3, 0.4) is 0 Å². The minimum atomic E-state index is -1.42. The number of esters is 2. The van der Waals surface area contributed by atoms with Gasteiger partial charge in [-0.1, -0.05) is 13.8 Å². The van der Waals surface area contributed by atoms with Gasteiger partial charge in [-0.3, -0.25) is 9.59 Å². The van der Waals surface area contributed by atoms with E-state index in [0.29, 0.717) is 24.0 Å². The van der Waals surface area contributed by atoms with Crippen molar-refractivity contribution in [3.8, 4) is 5.75 Å². The highest BCUT2D eigenvalue weighted by molar-refractivity contribution is 5.97. The zero-order chi connectivity index (χ0) is 34.2. The lowest BCUT2D eigenvalue weighted by atomic mass is 9.73. The number of fused-ring (bicyclic) bond motifs is 7. The molecule has 0 spiro atoms. The first-order chi connectivity index (χ1) is 21.7. The van der Waals surface area contributed by atoms with E-state index < -0.39 is 68.6 Å². The second-order valence-corrected chi connectivity index (χ2v) is 16.4. The van der Waals surface area contributed by atoms with Crippen LogP contribution in [0.2, 0.25) is 0 Å². The first-order valence-electron chi connectivity index (χ1n) is 16.3. The Morgan fingerprint density at radius 1 is 0.702 bits per heavy atom. The summed E-state index contributed by atoms with van der Waals surface area (Å²) < 4.78 is 37.4. The van der Waals surface area contributed by atoms with E-state index >= 15 is 0 Å². The maximum atomic E-state index is 14.4. The fourth-order valence-corrected chi connectivity index (χ4v) is 9.21. The molecule has 11 heteroatoms. The Hall–Kier alpha value is -3.57. The normalized spacial score (nSPS) is 37.6. The van der Waals surface area contributed by atoms with Crippen LogP contribution in [-0.2, 0) is 38.1 Å². The van der Waals surface area contributed by atoms with Crippen LogP contribution in [0.25, 0.3) is 11.0 Å². The van der Waals surface area contributed by atoms with Gasteiger partial charge in [-0.2, -0.15) is 0 Å². The molecule has 0 N–H and O–H groups in total. The van der Waals surface area contributed by atoms with E-state index in [9.17, 15) is 24.0 Å². The van der Waals surface area contributed by atoms with Gasteiger partial charge in [0.25, 0.3) is 0 Å². The van der Waals surface area contributed by atoms with Crippen LogP contribution >= 0.6 is 0 Å². The number of carbonyl (C=O) groups excluding carboxylic acids is 4. The summed E-state index contributed by atoms with van der Waals surface area (Å²) in [5.41, 5.74) is -8.28. The highest BCUT2D eigenvalue weighted by Crippen LogP contribution is 2.58. The fraction of sp³-hybridized carbons (Fsp3) is 0.639. The summed E-state index contributed by atoms with van der Waals surface area (Å²) in [5, 5.41) is 0.547. The molecule has 5 aliphatic rings. The molecule has 2 saturated heterocycles. The van der Waals surface area contributed by atoms with E-state index in [1.807, 2.05) is 13.8 Å². The van der Waals surface area contributed by atoms with E-state index in [0.717, 1.165) is 0 Å². The molecule has 0 radical (unpaired) electrons. The lowest BCUT2D eigenvalue weighted by Crippen LogP contribution is -2.61. The van der Waals surface area contributed by atoms with Gasteiger partial charge in [-0.15, -0.1) is 0 Å². The second-order valence-electron chi connectivity index (χ2n) is 16.4. The molecule has 4 bridgehead atoms. The van der Waals surface area contributed by atoms with Gasteiger partial charge in [0.05, 0.1) is 5.56 Å². The van der Waals surface area contributed by atoms with Crippen LogP contribution in [-0.4, -0.2) is 57.6 Å². The Morgan fingerprint density at radius 2 is 1.21 bits per heavy atom. The molecule has 2 saturated carbocycles. The molecule has 47 heavy (non-hydrogen) atoms. The Labute approximate surface area is 272 Å². The molecule has 4 heterocycles. The van der Waals surface area contributed by atoms with Crippen molar-refractivity contribution in [1.82, 2.24) is 0 Å². The minimum Gasteiger partial charge on any atom is -0.483 e. The first-order valence-corrected chi connectivity index (χ1v) is 16.3. The Balaban J connectivity index is 1.32. The van der Waals surface area contributed by atoms with Crippen molar-refractivity contribution in [3.63, 3.8) is 0 Å². The van der Waals surface area contributed by atoms with Crippen LogP contribution in [0.15, 0.2) is 33.5 Å². The molecule has 252 valence electrons. The largest absolute Gasteiger partial charge is 0.483 e. The molecule has 2 aliphatic carbocycles. The van der Waals surface area contributed by atoms with Crippen LogP contribution in [0.1, 0.15) is 106 Å². The highest BCUT2D eigenvalue weighted by Gasteiger charge is 2.67. The molecule has 2 aromatic rings. The molecule has 6 atom stereocenters. The van der Waals surface area contributed by atoms with E-state index in [-0.39, 0.29) is 48.4 Å². The summed E-state index contributed by atoms with van der Waals surface area (Å²) in [5.74, 6) is -1.24. The molecule has 7 rings (SSSR count). The van der Waals surface area contributed by atoms with Crippen molar-refractivity contribution in [2.24, 2.45) is 10.8 Å². The van der Waals surface area contributed by atoms with E-state index in [2.05, 4.69) is 0 Å². The molecule has 4 fully saturated rings. The molecular weight excluding hydrogens is 608 g/mol. The van der Waals surface area contributed by atoms with E-state index in [1.54, 1.807) is 59.7 Å². The van der Waals surface area contributed by atoms with Crippen molar-refractivity contribution >= 4 is 34.5 Å². The van der Waals surface area contributed by atoms with E-state index in [1.165, 1.54) is 6.07 Å². The van der Waals surface area contributed by atoms with Crippen LogP contribution in [0, 0.1) is 10.8 Å². The number of hydrogen-bond donors (Lipinski definition) is 0. The molecule has 4 unspecified atom stereocenters. The maximum absolute atomic E-state index is 14.4. The van der Waals surface area contributed by atoms with Crippen LogP contribution in [0.5, 0.6) is 5.75 Å². The second kappa shape index (κ2) is 9.53. The van der Waals surface area contributed by atoms with Gasteiger partial charge in [0.1, 0.15) is 28.1 Å². The first kappa shape index (κ1) is 32.0. The number of hydrogen-bond acceptors (Lipinski definition) is 11. The van der Waals surface area contributed by atoms with Crippen molar-refractivity contribution in [2.75, 3.05) is 0 Å². The minimum absolute atomic E-state index is 0.0637. The van der Waals surface area contributed by atoms with Gasteiger partial charge in [0.15, 0.2) is 35.0 Å². The van der Waals surface area contributed by atoms with Gasteiger partial charge in [0.2, 0.25) is 0 Å². The Kier molecular flexibility index (Phi) is 6.49. The van der Waals surface area contributed by atoms with Gasteiger partial charge in [-0.05, 0) is 98.3 Å². The monoisotopic (exact) mass is 650 g/mol. The number of Topliss-reactive ketones (excluding diaryl/α,β-unsaturated/α-hetero) is 2. The standard InChI is InChI=1S/C36H42O11/c1-30(2)25(44-29(41)36-16-14-34(8,18-36)27(39)32(5,6)47-36)24(22-20(45-30)11-9-19-10-12-21(37)42-23(19)22)43-28(40)35-15-13-33(7,17-35)26(38)31(3,4)46-35/h9-12,24-25H,13-18H2,1-8H3/t24-,25-,33?,34?,35?,36?/m1/s1. The Bertz CT molecular complexity index is 1820. The molecule has 3 aliphatic heterocycles. The topological polar surface area (TPSA) is 145 Å². The van der Waals surface area contributed by atoms with Gasteiger partial charge < -0.3 is 28.1 Å². The lowest BCUT2D eigenvalue weighted by Gasteiger charge is -2.48. The number of rotatable bonds is 4. The maximum Gasteiger partial charge on any atom is 0.339 e. The summed E-state index contributed by atoms with van der Waals surface area (Å²) in [7, 11) is 0. The molecule has 1 aromatic carbocycles. The molecule has 1 aromatic heterocycles. The molecule has 11 nitrogen and oxygen atoms in total. The summed E-state index contributed by atoms with van der Waals surface area (Å²) in [6, 6.07) is 6.30. The summed E-state index contributed by atoms with van der Waals surface area (Å²) in [6.45, 7) is 13.8. The van der Waals surface area contributed by atoms with Crippen LogP contribution in [0.4, 0.5) is 0 Å². The van der Waals surface area contributed by atoms with Crippen molar-refractivity contribution < 1.29 is 47.3 Å². The SMILES string of the molecule is CC12CCC(C(=O)O[C@@H]3c4c(ccc5ccc(=O)oc45)OC(C)(C)[C@@H]3OC(=O)C34CCC(C)(C3)C(=O)C(C)(C)O4)(C1)OC(C)(C)C2=O. The fourth-order valence-electron chi connectivity index (χ4n) is 9.21. The van der Waals surface area contributed by atoms with Gasteiger partial charge in [0, 0.05) is 22.3 Å². The number of benzene rings is 1. The zero-order valence-electron chi connectivity index (χ0n) is 28.2. The van der Waals surface area contributed by atoms with Crippen molar-refractivity contribution in [3.05, 3.63) is 40.2 Å². The van der Waals surface area contributed by atoms with Crippen LogP contribution < -0.4 is 10.4 Å². The van der Waals surface area contributed by atoms with E-state index in [4.69, 9.17) is 28.1 Å². The highest BCUT2D eigenvalue weighted by atomic mass is 16.6. The summed E-state index contributed by atoms with van der Waals surface area (Å²) in [4.78, 5) is 67.7. The smallest absolute Gasteiger partial charge is 0.339 e. The lowest BCUT2D eigenvalue weighted by molar-refractivity contribution is -0.233. The number of ether oxygens (including phenoxy) is 5. The third-order valence-corrected chi connectivity index (χ3v) is 11.2. The zero-order valence-corrected chi connectivity index (χ0v) is 28.2. The molecular formula is C36H42O11. The average molecular weight is 651 g/mol. The predicted octanol–water partition coefficient (Wildman–Crippen LogP) is 5.07. The predicted molar refractivity (Wildman–Crippen MR) is 166 cm³/mol. The quantitative estimate of drug-likeness (QED) is 0.323. The third-order valence-electron chi connectivity index (χ3n) is 11.2. The third kappa shape index (κ3) is 4.55. The summed E-state index contributed by atoms with van der Waals surface area (Å²) in [6.07, 6.45) is -0.778. The Morgan fingerprint density at radius 3 is 1.77 bits per heavy atom. The van der Waals surface area contributed by atoms with Crippen molar-refractivity contribution in [1.29, 1.82) is 0 Å². The summed E-state index contributed by atoms with van der Waals surface area (Å²) >= 11 is 0. The average Bonchev–Trinajstić information content (AvgIpc) is 3.46. The molecule has 0 amide bonds. The van der Waals surface area contributed by atoms with Crippen molar-refractivity contribution in [2.45, 2.75) is 134 Å².